The molecule has 4 heteroatoms. The van der Waals surface area contributed by atoms with Gasteiger partial charge in [0.05, 0.1) is 11.0 Å². The predicted octanol–water partition coefficient (Wildman–Crippen LogP) is 2.92. The molecule has 0 amide bonds. The van der Waals surface area contributed by atoms with Gasteiger partial charge in [0.25, 0.3) is 0 Å². The van der Waals surface area contributed by atoms with Crippen molar-refractivity contribution in [3.05, 3.63) is 51.6 Å². The summed E-state index contributed by atoms with van der Waals surface area (Å²) < 4.78 is 0. The Hall–Kier alpha value is -2.00. The molecule has 1 heterocycles. The van der Waals surface area contributed by atoms with Crippen LogP contribution in [0.2, 0.25) is 5.02 Å². The van der Waals surface area contributed by atoms with E-state index in [1.165, 1.54) is 0 Å². The van der Waals surface area contributed by atoms with Crippen molar-refractivity contribution in [1.82, 2.24) is 4.98 Å². The number of anilines is 1. The number of aromatic nitrogens is 1. The molecule has 0 saturated carbocycles. The van der Waals surface area contributed by atoms with Crippen LogP contribution < -0.4 is 11.2 Å². The van der Waals surface area contributed by atoms with Gasteiger partial charge in [-0.3, -0.25) is 4.79 Å². The Morgan fingerprint density at radius 3 is 2.41 bits per heavy atom. The van der Waals surface area contributed by atoms with E-state index in [-0.39, 0.29) is 5.43 Å². The average molecular weight is 245 g/mol. The molecule has 0 aliphatic carbocycles. The van der Waals surface area contributed by atoms with E-state index in [1.807, 2.05) is 0 Å². The Kier molecular flexibility index (Phi) is 2.09. The quantitative estimate of drug-likeness (QED) is 0.472. The Morgan fingerprint density at radius 1 is 1.00 bits per heavy atom. The molecule has 0 fully saturated rings. The van der Waals surface area contributed by atoms with Gasteiger partial charge < -0.3 is 10.7 Å². The third kappa shape index (κ3) is 1.56. The van der Waals surface area contributed by atoms with Gasteiger partial charge in [-0.2, -0.15) is 0 Å². The zero-order valence-electron chi connectivity index (χ0n) is 8.83. The normalized spacial score (nSPS) is 11.1. The fraction of sp³-hybridized carbons (Fsp3) is 0. The van der Waals surface area contributed by atoms with Crippen LogP contribution in [0.3, 0.4) is 0 Å². The monoisotopic (exact) mass is 244 g/mol. The van der Waals surface area contributed by atoms with Crippen molar-refractivity contribution < 1.29 is 0 Å². The molecular formula is C13H9ClN2O. The topological polar surface area (TPSA) is 58.9 Å². The van der Waals surface area contributed by atoms with Gasteiger partial charge in [-0.1, -0.05) is 11.6 Å². The summed E-state index contributed by atoms with van der Waals surface area (Å²) in [6.07, 6.45) is 0. The number of aromatic amines is 1. The minimum absolute atomic E-state index is 0.00887. The predicted molar refractivity (Wildman–Crippen MR) is 71.5 cm³/mol. The molecule has 0 spiro atoms. The summed E-state index contributed by atoms with van der Waals surface area (Å²) in [6, 6.07) is 10.4. The zero-order chi connectivity index (χ0) is 12.0. The van der Waals surface area contributed by atoms with Crippen molar-refractivity contribution in [3.63, 3.8) is 0 Å². The summed E-state index contributed by atoms with van der Waals surface area (Å²) in [7, 11) is 0. The minimum Gasteiger partial charge on any atom is -0.399 e. The largest absolute Gasteiger partial charge is 0.399 e. The smallest absolute Gasteiger partial charge is 0.197 e. The summed E-state index contributed by atoms with van der Waals surface area (Å²) in [5.41, 5.74) is 7.76. The fourth-order valence-corrected chi connectivity index (χ4v) is 2.14. The van der Waals surface area contributed by atoms with Gasteiger partial charge in [0.2, 0.25) is 0 Å². The highest BCUT2D eigenvalue weighted by Gasteiger charge is 2.05. The van der Waals surface area contributed by atoms with Crippen molar-refractivity contribution in [3.8, 4) is 0 Å². The van der Waals surface area contributed by atoms with Crippen LogP contribution in [0.4, 0.5) is 5.69 Å². The molecule has 3 rings (SSSR count). The average Bonchev–Trinajstić information content (AvgIpc) is 2.28. The molecule has 0 atom stereocenters. The first-order valence-electron chi connectivity index (χ1n) is 5.16. The number of H-pyrrole nitrogens is 1. The summed E-state index contributed by atoms with van der Waals surface area (Å²) in [5, 5.41) is 1.86. The first kappa shape index (κ1) is 10.2. The number of nitrogens with one attached hydrogen (secondary N) is 1. The van der Waals surface area contributed by atoms with E-state index in [2.05, 4.69) is 4.98 Å². The maximum atomic E-state index is 12.2. The number of halogens is 1. The Bertz CT molecular complexity index is 729. The van der Waals surface area contributed by atoms with Crippen molar-refractivity contribution in [2.75, 3.05) is 5.73 Å². The van der Waals surface area contributed by atoms with Crippen LogP contribution in [-0.4, -0.2) is 4.98 Å². The molecule has 3 aromatic rings. The van der Waals surface area contributed by atoms with Gasteiger partial charge in [0.15, 0.2) is 5.43 Å². The molecule has 1 aromatic heterocycles. The van der Waals surface area contributed by atoms with Crippen LogP contribution in [0.25, 0.3) is 21.8 Å². The number of nitrogens with two attached hydrogens (primary N) is 1. The molecular weight excluding hydrogens is 236 g/mol. The number of nitrogen functional groups attached to an aromatic ring is 1. The summed E-state index contributed by atoms with van der Waals surface area (Å²) in [4.78, 5) is 15.4. The maximum Gasteiger partial charge on any atom is 0.197 e. The number of hydrogen-bond acceptors (Lipinski definition) is 2. The van der Waals surface area contributed by atoms with Crippen LogP contribution in [-0.2, 0) is 0 Å². The third-order valence-electron chi connectivity index (χ3n) is 2.78. The lowest BCUT2D eigenvalue weighted by molar-refractivity contribution is 1.48. The molecule has 2 aromatic carbocycles. The van der Waals surface area contributed by atoms with E-state index in [1.54, 1.807) is 36.4 Å². The molecule has 0 aliphatic rings. The second-order valence-electron chi connectivity index (χ2n) is 3.95. The van der Waals surface area contributed by atoms with Gasteiger partial charge in [-0.05, 0) is 36.4 Å². The van der Waals surface area contributed by atoms with Crippen molar-refractivity contribution >= 4 is 39.1 Å². The standard InChI is InChI=1S/C13H9ClN2O/c14-7-1-3-9-11(5-7)16-12-6-8(15)2-4-10(12)13(9)17/h1-6H,15H2,(H,16,17). The molecule has 17 heavy (non-hydrogen) atoms. The van der Waals surface area contributed by atoms with E-state index in [4.69, 9.17) is 17.3 Å². The van der Waals surface area contributed by atoms with Crippen LogP contribution in [0.5, 0.6) is 0 Å². The SMILES string of the molecule is Nc1ccc2c(=O)c3ccc(Cl)cc3[nH]c2c1. The van der Waals surface area contributed by atoms with E-state index in [0.29, 0.717) is 21.5 Å². The highest BCUT2D eigenvalue weighted by atomic mass is 35.5. The lowest BCUT2D eigenvalue weighted by Crippen LogP contribution is -2.04. The molecule has 3 nitrogen and oxygen atoms in total. The molecule has 0 saturated heterocycles. The molecule has 0 aliphatic heterocycles. The Morgan fingerprint density at radius 2 is 1.65 bits per heavy atom. The van der Waals surface area contributed by atoms with Crippen molar-refractivity contribution in [2.45, 2.75) is 0 Å². The number of rotatable bonds is 0. The van der Waals surface area contributed by atoms with Gasteiger partial charge in [-0.15, -0.1) is 0 Å². The van der Waals surface area contributed by atoms with Crippen LogP contribution >= 0.6 is 11.6 Å². The number of fused-ring (bicyclic) bond motifs is 2. The van der Waals surface area contributed by atoms with Gasteiger partial charge in [-0.25, -0.2) is 0 Å². The number of pyridine rings is 1. The number of benzene rings is 2. The van der Waals surface area contributed by atoms with E-state index < -0.39 is 0 Å². The van der Waals surface area contributed by atoms with E-state index in [9.17, 15) is 4.79 Å². The molecule has 84 valence electrons. The highest BCUT2D eigenvalue weighted by molar-refractivity contribution is 6.31. The van der Waals surface area contributed by atoms with Gasteiger partial charge in [0, 0.05) is 21.5 Å². The van der Waals surface area contributed by atoms with Gasteiger partial charge in [0.1, 0.15) is 0 Å². The first-order valence-corrected chi connectivity index (χ1v) is 5.54. The summed E-state index contributed by atoms with van der Waals surface area (Å²) in [5.74, 6) is 0. The fourth-order valence-electron chi connectivity index (χ4n) is 1.97. The maximum absolute atomic E-state index is 12.2. The van der Waals surface area contributed by atoms with E-state index >= 15 is 0 Å². The van der Waals surface area contributed by atoms with Gasteiger partial charge >= 0.3 is 0 Å². The van der Waals surface area contributed by atoms with Crippen molar-refractivity contribution in [2.24, 2.45) is 0 Å². The van der Waals surface area contributed by atoms with Crippen molar-refractivity contribution in [1.29, 1.82) is 0 Å². The Balaban J connectivity index is 2.57. The van der Waals surface area contributed by atoms with E-state index in [0.717, 1.165) is 11.0 Å². The molecule has 0 bridgehead atoms. The second-order valence-corrected chi connectivity index (χ2v) is 4.39. The Labute approximate surface area is 102 Å². The first-order chi connectivity index (χ1) is 8.15. The molecule has 0 unspecified atom stereocenters. The summed E-state index contributed by atoms with van der Waals surface area (Å²) >= 11 is 5.91. The molecule has 3 N–H and O–H groups in total. The van der Waals surface area contributed by atoms with Crippen LogP contribution in [0.1, 0.15) is 0 Å². The summed E-state index contributed by atoms with van der Waals surface area (Å²) in [6.45, 7) is 0. The second kappa shape index (κ2) is 3.50. The van der Waals surface area contributed by atoms with Crippen LogP contribution in [0, 0.1) is 0 Å². The highest BCUT2D eigenvalue weighted by Crippen LogP contribution is 2.19. The number of hydrogen-bond donors (Lipinski definition) is 2. The molecule has 0 radical (unpaired) electrons. The third-order valence-corrected chi connectivity index (χ3v) is 3.02. The minimum atomic E-state index is -0.00887. The lowest BCUT2D eigenvalue weighted by atomic mass is 10.1. The van der Waals surface area contributed by atoms with Crippen LogP contribution in [0.15, 0.2) is 41.2 Å². The zero-order valence-corrected chi connectivity index (χ0v) is 9.58. The lowest BCUT2D eigenvalue weighted by Gasteiger charge is -2.03.